The Morgan fingerprint density at radius 3 is 2.77 bits per heavy atom. The fourth-order valence-electron chi connectivity index (χ4n) is 1.07. The van der Waals surface area contributed by atoms with Crippen LogP contribution < -0.4 is 0 Å². The molecule has 1 rings (SSSR count). The van der Waals surface area contributed by atoms with Crippen LogP contribution >= 0.6 is 0 Å². The summed E-state index contributed by atoms with van der Waals surface area (Å²) in [5, 5.41) is 0. The Balaban J connectivity index is 3.12. The van der Waals surface area contributed by atoms with Crippen LogP contribution in [0.1, 0.15) is 35.8 Å². The lowest BCUT2D eigenvalue weighted by atomic mass is 10.1. The zero-order chi connectivity index (χ0) is 9.84. The molecule has 0 aliphatic carbocycles. The van der Waals surface area contributed by atoms with Crippen molar-refractivity contribution in [3.8, 4) is 0 Å². The lowest BCUT2D eigenvalue weighted by molar-refractivity contribution is 0.0598. The molecule has 0 saturated heterocycles. The van der Waals surface area contributed by atoms with Gasteiger partial charge in [0, 0.05) is 6.20 Å². The molecular weight excluding hydrogens is 168 g/mol. The zero-order valence-corrected chi connectivity index (χ0v) is 7.94. The highest BCUT2D eigenvalue weighted by Gasteiger charge is 2.14. The fourth-order valence-corrected chi connectivity index (χ4v) is 1.07. The molecule has 4 nitrogen and oxygen atoms in total. The molecule has 0 N–H and O–H groups in total. The average Bonchev–Trinajstić information content (AvgIpc) is 2.16. The number of ether oxygens (including phenoxy) is 1. The Morgan fingerprint density at radius 2 is 2.23 bits per heavy atom. The van der Waals surface area contributed by atoms with Crippen molar-refractivity contribution in [1.82, 2.24) is 9.97 Å². The minimum atomic E-state index is -0.385. The van der Waals surface area contributed by atoms with Gasteiger partial charge in [-0.15, -0.1) is 0 Å². The first kappa shape index (κ1) is 9.64. The van der Waals surface area contributed by atoms with Crippen molar-refractivity contribution in [2.75, 3.05) is 7.11 Å². The highest BCUT2D eigenvalue weighted by atomic mass is 16.5. The molecule has 0 aromatic carbocycles. The van der Waals surface area contributed by atoms with E-state index in [1.165, 1.54) is 19.6 Å². The van der Waals surface area contributed by atoms with Crippen LogP contribution in [-0.4, -0.2) is 23.0 Å². The lowest BCUT2D eigenvalue weighted by Crippen LogP contribution is -2.09. The number of methoxy groups -OCH3 is 1. The first-order valence-corrected chi connectivity index (χ1v) is 4.05. The van der Waals surface area contributed by atoms with Crippen molar-refractivity contribution in [2.24, 2.45) is 0 Å². The summed E-state index contributed by atoms with van der Waals surface area (Å²) in [5.74, 6) is -0.193. The van der Waals surface area contributed by atoms with Gasteiger partial charge in [-0.25, -0.2) is 14.8 Å². The molecule has 0 spiro atoms. The summed E-state index contributed by atoms with van der Waals surface area (Å²) in [6.07, 6.45) is 2.91. The molecule has 70 valence electrons. The Morgan fingerprint density at radius 1 is 1.54 bits per heavy atom. The van der Waals surface area contributed by atoms with Gasteiger partial charge in [0.15, 0.2) is 0 Å². The number of aromatic nitrogens is 2. The third-order valence-corrected chi connectivity index (χ3v) is 1.70. The van der Waals surface area contributed by atoms with Gasteiger partial charge in [0.2, 0.25) is 0 Å². The summed E-state index contributed by atoms with van der Waals surface area (Å²) in [6, 6.07) is 0. The standard InChI is InChI=1S/C9H12N2O2/c1-6(2)8-7(9(12)13-3)4-10-5-11-8/h4-6H,1-3H3. The molecule has 0 radical (unpaired) electrons. The number of rotatable bonds is 2. The normalized spacial score (nSPS) is 10.2. The third kappa shape index (κ3) is 2.02. The molecule has 0 amide bonds. The number of esters is 1. The Hall–Kier alpha value is -1.45. The van der Waals surface area contributed by atoms with Crippen molar-refractivity contribution in [3.05, 3.63) is 23.8 Å². The number of hydrogen-bond donors (Lipinski definition) is 0. The maximum Gasteiger partial charge on any atom is 0.341 e. The second-order valence-corrected chi connectivity index (χ2v) is 2.97. The molecule has 4 heteroatoms. The molecule has 0 aliphatic heterocycles. The average molecular weight is 180 g/mol. The Bertz CT molecular complexity index is 310. The van der Waals surface area contributed by atoms with E-state index < -0.39 is 0 Å². The van der Waals surface area contributed by atoms with Crippen LogP contribution in [0, 0.1) is 0 Å². The van der Waals surface area contributed by atoms with Crippen LogP contribution in [0.2, 0.25) is 0 Å². The predicted octanol–water partition coefficient (Wildman–Crippen LogP) is 1.39. The van der Waals surface area contributed by atoms with E-state index in [2.05, 4.69) is 14.7 Å². The zero-order valence-electron chi connectivity index (χ0n) is 7.94. The summed E-state index contributed by atoms with van der Waals surface area (Å²) in [6.45, 7) is 3.93. The smallest absolute Gasteiger partial charge is 0.341 e. The lowest BCUT2D eigenvalue weighted by Gasteiger charge is -2.07. The van der Waals surface area contributed by atoms with Gasteiger partial charge in [0.05, 0.1) is 18.4 Å². The number of carbonyl (C=O) groups is 1. The van der Waals surface area contributed by atoms with Crippen LogP contribution in [0.25, 0.3) is 0 Å². The first-order chi connectivity index (χ1) is 6.16. The fraction of sp³-hybridized carbons (Fsp3) is 0.444. The monoisotopic (exact) mass is 180 g/mol. The van der Waals surface area contributed by atoms with E-state index in [4.69, 9.17) is 0 Å². The molecule has 1 heterocycles. The highest BCUT2D eigenvalue weighted by molar-refractivity contribution is 5.90. The topological polar surface area (TPSA) is 52.1 Å². The quantitative estimate of drug-likeness (QED) is 0.645. The summed E-state index contributed by atoms with van der Waals surface area (Å²) >= 11 is 0. The minimum Gasteiger partial charge on any atom is -0.465 e. The maximum absolute atomic E-state index is 11.2. The Labute approximate surface area is 77.0 Å². The molecule has 0 unspecified atom stereocenters. The number of nitrogens with zero attached hydrogens (tertiary/aromatic N) is 2. The van der Waals surface area contributed by atoms with Crippen LogP contribution in [0.3, 0.4) is 0 Å². The Kier molecular flexibility index (Phi) is 2.95. The highest BCUT2D eigenvalue weighted by Crippen LogP contribution is 2.15. The second kappa shape index (κ2) is 3.98. The molecular formula is C9H12N2O2. The molecule has 1 aromatic rings. The summed E-state index contributed by atoms with van der Waals surface area (Å²) in [4.78, 5) is 19.1. The van der Waals surface area contributed by atoms with Gasteiger partial charge in [-0.05, 0) is 5.92 Å². The van der Waals surface area contributed by atoms with Gasteiger partial charge in [-0.1, -0.05) is 13.8 Å². The van der Waals surface area contributed by atoms with Crippen LogP contribution in [0.15, 0.2) is 12.5 Å². The third-order valence-electron chi connectivity index (χ3n) is 1.70. The largest absolute Gasteiger partial charge is 0.465 e. The molecule has 0 fully saturated rings. The maximum atomic E-state index is 11.2. The molecule has 0 bridgehead atoms. The van der Waals surface area contributed by atoms with E-state index in [1.54, 1.807) is 0 Å². The van der Waals surface area contributed by atoms with E-state index in [-0.39, 0.29) is 11.9 Å². The minimum absolute atomic E-state index is 0.192. The molecule has 13 heavy (non-hydrogen) atoms. The van der Waals surface area contributed by atoms with Crippen molar-refractivity contribution < 1.29 is 9.53 Å². The van der Waals surface area contributed by atoms with E-state index in [9.17, 15) is 4.79 Å². The second-order valence-electron chi connectivity index (χ2n) is 2.97. The number of hydrogen-bond acceptors (Lipinski definition) is 4. The molecule has 0 aliphatic rings. The van der Waals surface area contributed by atoms with E-state index in [0.717, 1.165) is 5.69 Å². The molecule has 0 atom stereocenters. The first-order valence-electron chi connectivity index (χ1n) is 4.05. The van der Waals surface area contributed by atoms with E-state index in [0.29, 0.717) is 5.56 Å². The van der Waals surface area contributed by atoms with Gasteiger partial charge < -0.3 is 4.74 Å². The van der Waals surface area contributed by atoms with Crippen LogP contribution in [0.4, 0.5) is 0 Å². The van der Waals surface area contributed by atoms with E-state index in [1.807, 2.05) is 13.8 Å². The number of carbonyl (C=O) groups excluding carboxylic acids is 1. The predicted molar refractivity (Wildman–Crippen MR) is 47.5 cm³/mol. The van der Waals surface area contributed by atoms with Gasteiger partial charge in [-0.2, -0.15) is 0 Å². The van der Waals surface area contributed by atoms with Crippen LogP contribution in [0.5, 0.6) is 0 Å². The van der Waals surface area contributed by atoms with Crippen molar-refractivity contribution in [1.29, 1.82) is 0 Å². The van der Waals surface area contributed by atoms with E-state index >= 15 is 0 Å². The summed E-state index contributed by atoms with van der Waals surface area (Å²) in [5.41, 5.74) is 1.17. The van der Waals surface area contributed by atoms with Gasteiger partial charge in [0.1, 0.15) is 6.33 Å². The van der Waals surface area contributed by atoms with Crippen molar-refractivity contribution in [2.45, 2.75) is 19.8 Å². The summed E-state index contributed by atoms with van der Waals surface area (Å²) < 4.78 is 4.61. The molecule has 1 aromatic heterocycles. The SMILES string of the molecule is COC(=O)c1cncnc1C(C)C. The van der Waals surface area contributed by atoms with Gasteiger partial charge >= 0.3 is 5.97 Å². The van der Waals surface area contributed by atoms with Crippen molar-refractivity contribution in [3.63, 3.8) is 0 Å². The summed E-state index contributed by atoms with van der Waals surface area (Å²) in [7, 11) is 1.35. The van der Waals surface area contributed by atoms with Gasteiger partial charge in [-0.3, -0.25) is 0 Å². The van der Waals surface area contributed by atoms with Crippen molar-refractivity contribution >= 4 is 5.97 Å². The van der Waals surface area contributed by atoms with Gasteiger partial charge in [0.25, 0.3) is 0 Å². The molecule has 0 saturated carbocycles. The van der Waals surface area contributed by atoms with Crippen LogP contribution in [-0.2, 0) is 4.74 Å².